The van der Waals surface area contributed by atoms with E-state index in [2.05, 4.69) is 15.6 Å². The number of nitrogens with zero attached hydrogens (tertiary/aromatic N) is 3. The molecule has 0 saturated carbocycles. The Labute approximate surface area is 134 Å². The first kappa shape index (κ1) is 15.0. The molecule has 0 fully saturated rings. The molecule has 2 aromatic heterocycles. The number of aromatic nitrogens is 3. The molecule has 1 amide bonds. The van der Waals surface area contributed by atoms with Gasteiger partial charge in [0.1, 0.15) is 0 Å². The van der Waals surface area contributed by atoms with Gasteiger partial charge in [-0.2, -0.15) is 5.10 Å². The largest absolute Gasteiger partial charge is 0.355 e. The van der Waals surface area contributed by atoms with Gasteiger partial charge < -0.3 is 9.84 Å². The number of amides is 1. The number of hydrogen-bond donors (Lipinski definition) is 1. The number of nitrogens with one attached hydrogen (secondary N) is 1. The second kappa shape index (κ2) is 6.08. The Balaban J connectivity index is 1.67. The first-order valence-corrected chi connectivity index (χ1v) is 7.34. The van der Waals surface area contributed by atoms with Crippen LogP contribution in [0.2, 0.25) is 0 Å². The van der Waals surface area contributed by atoms with Crippen molar-refractivity contribution in [3.05, 3.63) is 59.0 Å². The Kier molecular flexibility index (Phi) is 3.97. The molecule has 0 unspecified atom stereocenters. The summed E-state index contributed by atoms with van der Waals surface area (Å²) in [5.41, 5.74) is 4.16. The number of hydrogen-bond acceptors (Lipinski definition) is 4. The molecule has 0 aliphatic heterocycles. The van der Waals surface area contributed by atoms with Crippen molar-refractivity contribution in [2.45, 2.75) is 20.4 Å². The summed E-state index contributed by atoms with van der Waals surface area (Å²) in [7, 11) is 1.87. The van der Waals surface area contributed by atoms with Gasteiger partial charge in [0.05, 0.1) is 12.2 Å². The predicted molar refractivity (Wildman–Crippen MR) is 85.8 cm³/mol. The zero-order valence-corrected chi connectivity index (χ0v) is 13.3. The molecule has 0 bridgehead atoms. The standard InChI is InChI=1S/C17H18N4O2/c1-11-4-6-13(7-5-11)16-9-15(20-23-16)17(22)18-10-14-8-12(2)21(3)19-14/h4-9H,10H2,1-3H3,(H,18,22). The minimum atomic E-state index is -0.282. The van der Waals surface area contributed by atoms with Gasteiger partial charge in [0.15, 0.2) is 11.5 Å². The molecular weight excluding hydrogens is 292 g/mol. The number of rotatable bonds is 4. The summed E-state index contributed by atoms with van der Waals surface area (Å²) in [6.45, 7) is 4.33. The summed E-state index contributed by atoms with van der Waals surface area (Å²) < 4.78 is 7.03. The van der Waals surface area contributed by atoms with Crippen LogP contribution in [0, 0.1) is 13.8 Å². The van der Waals surface area contributed by atoms with E-state index in [1.807, 2.05) is 51.2 Å². The van der Waals surface area contributed by atoms with E-state index in [1.54, 1.807) is 10.7 Å². The topological polar surface area (TPSA) is 73.0 Å². The predicted octanol–water partition coefficient (Wildman–Crippen LogP) is 2.62. The van der Waals surface area contributed by atoms with Crippen LogP contribution in [0.1, 0.15) is 27.4 Å². The van der Waals surface area contributed by atoms with Gasteiger partial charge in [-0.25, -0.2) is 0 Å². The van der Waals surface area contributed by atoms with E-state index in [1.165, 1.54) is 0 Å². The highest BCUT2D eigenvalue weighted by molar-refractivity contribution is 5.93. The van der Waals surface area contributed by atoms with Crippen LogP contribution >= 0.6 is 0 Å². The quantitative estimate of drug-likeness (QED) is 0.804. The Hall–Kier alpha value is -2.89. The molecule has 23 heavy (non-hydrogen) atoms. The molecule has 2 heterocycles. The van der Waals surface area contributed by atoms with Crippen LogP contribution in [0.4, 0.5) is 0 Å². The fourth-order valence-electron chi connectivity index (χ4n) is 2.22. The SMILES string of the molecule is Cc1ccc(-c2cc(C(=O)NCc3cc(C)n(C)n3)no2)cc1. The van der Waals surface area contributed by atoms with E-state index in [0.717, 1.165) is 22.5 Å². The summed E-state index contributed by atoms with van der Waals surface area (Å²) in [4.78, 5) is 12.1. The van der Waals surface area contributed by atoms with Gasteiger partial charge in [-0.1, -0.05) is 35.0 Å². The van der Waals surface area contributed by atoms with Gasteiger partial charge in [-0.05, 0) is 19.9 Å². The van der Waals surface area contributed by atoms with Crippen molar-refractivity contribution in [3.8, 4) is 11.3 Å². The third-order valence-corrected chi connectivity index (χ3v) is 3.67. The first-order chi connectivity index (χ1) is 11.0. The van der Waals surface area contributed by atoms with Crippen LogP contribution in [-0.2, 0) is 13.6 Å². The van der Waals surface area contributed by atoms with Crippen molar-refractivity contribution >= 4 is 5.91 Å². The lowest BCUT2D eigenvalue weighted by Gasteiger charge is -1.99. The summed E-state index contributed by atoms with van der Waals surface area (Å²) in [6, 6.07) is 11.4. The Morgan fingerprint density at radius 2 is 1.96 bits per heavy atom. The van der Waals surface area contributed by atoms with Gasteiger partial charge in [0.2, 0.25) is 0 Å². The number of aryl methyl sites for hydroxylation is 3. The lowest BCUT2D eigenvalue weighted by atomic mass is 10.1. The molecule has 0 saturated heterocycles. The third-order valence-electron chi connectivity index (χ3n) is 3.67. The van der Waals surface area contributed by atoms with Crippen LogP contribution in [0.5, 0.6) is 0 Å². The van der Waals surface area contributed by atoms with E-state index >= 15 is 0 Å². The monoisotopic (exact) mass is 310 g/mol. The number of carbonyl (C=O) groups excluding carboxylic acids is 1. The lowest BCUT2D eigenvalue weighted by molar-refractivity contribution is 0.0941. The second-order valence-corrected chi connectivity index (χ2v) is 5.53. The molecule has 1 aromatic carbocycles. The van der Waals surface area contributed by atoms with E-state index in [4.69, 9.17) is 4.52 Å². The molecule has 0 aliphatic rings. The molecule has 3 aromatic rings. The van der Waals surface area contributed by atoms with Crippen LogP contribution in [0.3, 0.4) is 0 Å². The van der Waals surface area contributed by atoms with Crippen LogP contribution < -0.4 is 5.32 Å². The van der Waals surface area contributed by atoms with Crippen molar-refractivity contribution in [2.75, 3.05) is 0 Å². The van der Waals surface area contributed by atoms with Crippen LogP contribution in [0.15, 0.2) is 40.9 Å². The summed E-state index contributed by atoms with van der Waals surface area (Å²) >= 11 is 0. The van der Waals surface area contributed by atoms with Gasteiger partial charge in [0, 0.05) is 24.4 Å². The Morgan fingerprint density at radius 1 is 1.22 bits per heavy atom. The molecule has 0 radical (unpaired) electrons. The van der Waals surface area contributed by atoms with Crippen molar-refractivity contribution in [1.29, 1.82) is 0 Å². The Morgan fingerprint density at radius 3 is 2.61 bits per heavy atom. The lowest BCUT2D eigenvalue weighted by Crippen LogP contribution is -2.23. The van der Waals surface area contributed by atoms with Crippen LogP contribution in [-0.4, -0.2) is 20.8 Å². The number of benzene rings is 1. The fourth-order valence-corrected chi connectivity index (χ4v) is 2.22. The first-order valence-electron chi connectivity index (χ1n) is 7.34. The zero-order chi connectivity index (χ0) is 16.4. The smallest absolute Gasteiger partial charge is 0.273 e. The van der Waals surface area contributed by atoms with Crippen molar-refractivity contribution in [3.63, 3.8) is 0 Å². The van der Waals surface area contributed by atoms with E-state index in [-0.39, 0.29) is 11.6 Å². The minimum absolute atomic E-state index is 0.258. The van der Waals surface area contributed by atoms with Gasteiger partial charge in [-0.3, -0.25) is 9.48 Å². The normalized spacial score (nSPS) is 10.7. The van der Waals surface area contributed by atoms with Gasteiger partial charge >= 0.3 is 0 Å². The maximum absolute atomic E-state index is 12.1. The minimum Gasteiger partial charge on any atom is -0.355 e. The highest BCUT2D eigenvalue weighted by Crippen LogP contribution is 2.20. The fraction of sp³-hybridized carbons (Fsp3) is 0.235. The molecule has 6 heteroatoms. The summed E-state index contributed by atoms with van der Waals surface area (Å²) in [5.74, 6) is 0.291. The van der Waals surface area contributed by atoms with Crippen molar-refractivity contribution in [1.82, 2.24) is 20.3 Å². The van der Waals surface area contributed by atoms with E-state index < -0.39 is 0 Å². The number of carbonyl (C=O) groups is 1. The van der Waals surface area contributed by atoms with Crippen LogP contribution in [0.25, 0.3) is 11.3 Å². The van der Waals surface area contributed by atoms with Gasteiger partial charge in [-0.15, -0.1) is 0 Å². The zero-order valence-electron chi connectivity index (χ0n) is 13.3. The van der Waals surface area contributed by atoms with Crippen molar-refractivity contribution in [2.24, 2.45) is 7.05 Å². The Bertz CT molecular complexity index is 811. The van der Waals surface area contributed by atoms with E-state index in [0.29, 0.717) is 12.3 Å². The molecule has 3 rings (SSSR count). The maximum atomic E-state index is 12.1. The van der Waals surface area contributed by atoms with E-state index in [9.17, 15) is 4.79 Å². The van der Waals surface area contributed by atoms with Crippen molar-refractivity contribution < 1.29 is 9.32 Å². The molecule has 1 N–H and O–H groups in total. The highest BCUT2D eigenvalue weighted by atomic mass is 16.5. The molecule has 6 nitrogen and oxygen atoms in total. The molecule has 0 spiro atoms. The third kappa shape index (κ3) is 3.31. The second-order valence-electron chi connectivity index (χ2n) is 5.53. The molecular formula is C17H18N4O2. The van der Waals surface area contributed by atoms with Gasteiger partial charge in [0.25, 0.3) is 5.91 Å². The molecule has 0 atom stereocenters. The molecule has 118 valence electrons. The molecule has 0 aliphatic carbocycles. The highest BCUT2D eigenvalue weighted by Gasteiger charge is 2.14. The summed E-state index contributed by atoms with van der Waals surface area (Å²) in [5, 5.41) is 10.9. The average molecular weight is 310 g/mol. The summed E-state index contributed by atoms with van der Waals surface area (Å²) in [6.07, 6.45) is 0. The average Bonchev–Trinajstić information content (AvgIpc) is 3.13. The maximum Gasteiger partial charge on any atom is 0.273 e.